The Kier molecular flexibility index (Phi) is 9.34. The van der Waals surface area contributed by atoms with Gasteiger partial charge in [0.2, 0.25) is 0 Å². The summed E-state index contributed by atoms with van der Waals surface area (Å²) in [5.74, 6) is -0.123. The van der Waals surface area contributed by atoms with E-state index in [1.54, 1.807) is 13.8 Å². The number of hydrogen-bond donors (Lipinski definition) is 0. The molecule has 0 aliphatic rings. The van der Waals surface area contributed by atoms with E-state index < -0.39 is 11.7 Å². The monoisotopic (exact) mass is 398 g/mol. The fourth-order valence-corrected chi connectivity index (χ4v) is 0.263. The Morgan fingerprint density at radius 3 is 1.54 bits per heavy atom. The Labute approximate surface area is 97.2 Å². The first-order valence-corrected chi connectivity index (χ1v) is 19.5. The van der Waals surface area contributed by atoms with Gasteiger partial charge in [0.1, 0.15) is 0 Å². The minimum absolute atomic E-state index is 0.123. The second kappa shape index (κ2) is 7.08. The SMILES string of the molecule is CCOC(=O)CC.[Cl][Sb]([Cl])([Cl])([Cl])[Cl]. The van der Waals surface area contributed by atoms with Gasteiger partial charge in [-0.3, -0.25) is 4.79 Å². The van der Waals surface area contributed by atoms with E-state index in [2.05, 4.69) is 4.74 Å². The number of esters is 1. The first-order chi connectivity index (χ1) is 5.54. The molecule has 0 aromatic carbocycles. The Bertz CT molecular complexity index is 147. The van der Waals surface area contributed by atoms with Gasteiger partial charge >= 0.3 is 61.8 Å². The molecule has 0 saturated carbocycles. The van der Waals surface area contributed by atoms with Crippen LogP contribution in [0.5, 0.6) is 0 Å². The fraction of sp³-hybridized carbons (Fsp3) is 0.800. The van der Waals surface area contributed by atoms with Gasteiger partial charge in [0.05, 0.1) is 6.61 Å². The quantitative estimate of drug-likeness (QED) is 0.516. The molecular formula is C5H10Cl5O2Sb. The Balaban J connectivity index is 0. The van der Waals surface area contributed by atoms with Crippen molar-refractivity contribution in [1.82, 2.24) is 0 Å². The van der Waals surface area contributed by atoms with Gasteiger partial charge in [-0.05, 0) is 6.92 Å². The molecule has 0 atom stereocenters. The van der Waals surface area contributed by atoms with Crippen molar-refractivity contribution in [2.45, 2.75) is 20.3 Å². The Morgan fingerprint density at radius 2 is 1.46 bits per heavy atom. The van der Waals surface area contributed by atoms with Crippen LogP contribution in [-0.2, 0) is 9.53 Å². The van der Waals surface area contributed by atoms with E-state index in [9.17, 15) is 4.79 Å². The van der Waals surface area contributed by atoms with Crippen LogP contribution in [0.15, 0.2) is 0 Å². The third-order valence-electron chi connectivity index (χ3n) is 0.594. The summed E-state index contributed by atoms with van der Waals surface area (Å²) < 4.78 is 4.55. The predicted octanol–water partition coefficient (Wildman–Crippen LogP) is 4.03. The van der Waals surface area contributed by atoms with Crippen molar-refractivity contribution in [2.75, 3.05) is 6.61 Å². The molecule has 0 unspecified atom stereocenters. The number of halogens is 5. The molecule has 0 bridgehead atoms. The standard InChI is InChI=1S/C5H10O2.5ClH.Sb/c1-3-5(6)7-4-2;;;;;;/h3-4H2,1-2H3;5*1H;/q;;;;;;+5/p-5. The molecule has 0 aromatic heterocycles. The summed E-state index contributed by atoms with van der Waals surface area (Å²) in [6, 6.07) is 0. The molecule has 0 rings (SSSR count). The van der Waals surface area contributed by atoms with Gasteiger partial charge in [0, 0.05) is 6.42 Å². The van der Waals surface area contributed by atoms with E-state index in [0.717, 1.165) is 0 Å². The van der Waals surface area contributed by atoms with Crippen LogP contribution in [0.2, 0.25) is 0 Å². The van der Waals surface area contributed by atoms with E-state index >= 15 is 0 Å². The molecule has 0 radical (unpaired) electrons. The molecule has 0 aliphatic heterocycles. The van der Waals surface area contributed by atoms with E-state index in [1.165, 1.54) is 0 Å². The molecule has 8 heteroatoms. The summed E-state index contributed by atoms with van der Waals surface area (Å²) >= 11 is -4.33. The molecule has 0 saturated heterocycles. The van der Waals surface area contributed by atoms with Crippen molar-refractivity contribution in [2.24, 2.45) is 0 Å². The molecule has 0 spiro atoms. The number of rotatable bonds is 2. The molecule has 0 heterocycles. The van der Waals surface area contributed by atoms with Gasteiger partial charge in [-0.25, -0.2) is 0 Å². The zero-order valence-electron chi connectivity index (χ0n) is 7.07. The molecule has 82 valence electrons. The van der Waals surface area contributed by atoms with E-state index in [1.807, 2.05) is 0 Å². The van der Waals surface area contributed by atoms with Crippen molar-refractivity contribution in [3.63, 3.8) is 0 Å². The molecule has 0 N–H and O–H groups in total. The maximum absolute atomic E-state index is 10.2. The van der Waals surface area contributed by atoms with Crippen LogP contribution in [0.25, 0.3) is 0 Å². The molecule has 0 amide bonds. The summed E-state index contributed by atoms with van der Waals surface area (Å²) in [6.07, 6.45) is 0.480. The van der Waals surface area contributed by atoms with E-state index in [0.29, 0.717) is 13.0 Å². The van der Waals surface area contributed by atoms with Gasteiger partial charge < -0.3 is 4.74 Å². The van der Waals surface area contributed by atoms with Crippen molar-refractivity contribution in [1.29, 1.82) is 0 Å². The van der Waals surface area contributed by atoms with Crippen molar-refractivity contribution < 1.29 is 9.53 Å². The second-order valence-corrected chi connectivity index (χ2v) is 39.7. The van der Waals surface area contributed by atoms with Crippen LogP contribution in [0.3, 0.4) is 0 Å². The first kappa shape index (κ1) is 17.1. The van der Waals surface area contributed by atoms with E-state index in [4.69, 9.17) is 44.1 Å². The van der Waals surface area contributed by atoms with Crippen LogP contribution >= 0.6 is 44.1 Å². The van der Waals surface area contributed by atoms with Gasteiger partial charge in [-0.15, -0.1) is 0 Å². The number of carbonyl (C=O) groups is 1. The van der Waals surface area contributed by atoms with Crippen molar-refractivity contribution in [3.8, 4) is 0 Å². The van der Waals surface area contributed by atoms with Gasteiger partial charge in [0.25, 0.3) is 0 Å². The second-order valence-electron chi connectivity index (χ2n) is 1.80. The van der Waals surface area contributed by atoms with Crippen LogP contribution in [0.4, 0.5) is 0 Å². The third-order valence-corrected chi connectivity index (χ3v) is 0.594. The molecule has 0 fully saturated rings. The number of ether oxygens (including phenoxy) is 1. The summed E-state index contributed by atoms with van der Waals surface area (Å²) in [7, 11) is 25.2. The summed E-state index contributed by atoms with van der Waals surface area (Å²) in [5, 5.41) is 0. The van der Waals surface area contributed by atoms with E-state index in [-0.39, 0.29) is 5.97 Å². The predicted molar refractivity (Wildman–Crippen MR) is 61.9 cm³/mol. The van der Waals surface area contributed by atoms with Gasteiger partial charge in [-0.2, -0.15) is 0 Å². The minimum atomic E-state index is -4.33. The zero-order chi connectivity index (χ0) is 11.1. The molecule has 0 aliphatic carbocycles. The first-order valence-electron chi connectivity index (χ1n) is 3.31. The van der Waals surface area contributed by atoms with Crippen LogP contribution in [-0.4, -0.2) is 24.3 Å². The number of hydrogen-bond acceptors (Lipinski definition) is 2. The molecule has 13 heavy (non-hydrogen) atoms. The van der Waals surface area contributed by atoms with Gasteiger partial charge in [-0.1, -0.05) is 6.92 Å². The Morgan fingerprint density at radius 1 is 1.15 bits per heavy atom. The normalized spacial score (nSPS) is 13.3. The van der Waals surface area contributed by atoms with Crippen LogP contribution < -0.4 is 0 Å². The topological polar surface area (TPSA) is 26.3 Å². The average Bonchev–Trinajstić information content (AvgIpc) is 1.83. The van der Waals surface area contributed by atoms with Crippen LogP contribution in [0, 0.1) is 0 Å². The summed E-state index contributed by atoms with van der Waals surface area (Å²) in [5.41, 5.74) is 0. The molecular weight excluding hydrogens is 391 g/mol. The third kappa shape index (κ3) is 41.7. The average molecular weight is 401 g/mol. The number of carbonyl (C=O) groups excluding carboxylic acids is 1. The summed E-state index contributed by atoms with van der Waals surface area (Å²) in [6.45, 7) is 4.07. The Hall–Kier alpha value is 1.74. The zero-order valence-corrected chi connectivity index (χ0v) is 13.4. The summed E-state index contributed by atoms with van der Waals surface area (Å²) in [4.78, 5) is 10.2. The van der Waals surface area contributed by atoms with Gasteiger partial charge in [0.15, 0.2) is 0 Å². The van der Waals surface area contributed by atoms with Crippen molar-refractivity contribution in [3.05, 3.63) is 0 Å². The molecule has 2 nitrogen and oxygen atoms in total. The molecule has 0 aromatic rings. The fourth-order valence-electron chi connectivity index (χ4n) is 0.263. The van der Waals surface area contributed by atoms with Crippen molar-refractivity contribution >= 4 is 61.8 Å². The van der Waals surface area contributed by atoms with Crippen LogP contribution in [0.1, 0.15) is 20.3 Å². The maximum atomic E-state index is 10.2.